The molecular weight excluding hydrogens is 208 g/mol. The molecule has 0 aromatic heterocycles. The van der Waals surface area contributed by atoms with Gasteiger partial charge in [-0.1, -0.05) is 12.1 Å². The predicted octanol–water partition coefficient (Wildman–Crippen LogP) is 2.25. The summed E-state index contributed by atoms with van der Waals surface area (Å²) in [6.45, 7) is 1.83. The number of benzene rings is 1. The number of hydrogen-bond donors (Lipinski definition) is 2. The second-order valence-electron chi connectivity index (χ2n) is 3.48. The zero-order chi connectivity index (χ0) is 11.7. The van der Waals surface area contributed by atoms with E-state index in [9.17, 15) is 9.90 Å². The Morgan fingerprint density at radius 3 is 2.81 bits per heavy atom. The maximum Gasteiger partial charge on any atom is 0.338 e. The molecule has 0 saturated heterocycles. The number of hydrogen-bond acceptors (Lipinski definition) is 3. The molecule has 1 heterocycles. The number of aliphatic hydroxyl groups is 1. The summed E-state index contributed by atoms with van der Waals surface area (Å²) in [5.41, 5.74) is 1.24. The zero-order valence-corrected chi connectivity index (χ0v) is 8.60. The first-order valence-corrected chi connectivity index (χ1v) is 4.70. The molecule has 0 bridgehead atoms. The summed E-state index contributed by atoms with van der Waals surface area (Å²) in [7, 11) is 0. The van der Waals surface area contributed by atoms with E-state index in [1.807, 2.05) is 13.0 Å². The van der Waals surface area contributed by atoms with E-state index in [0.29, 0.717) is 11.3 Å². The van der Waals surface area contributed by atoms with Crippen LogP contribution in [0.15, 0.2) is 36.1 Å². The molecule has 82 valence electrons. The van der Waals surface area contributed by atoms with Gasteiger partial charge in [0.15, 0.2) is 0 Å². The largest absolute Gasteiger partial charge is 0.507 e. The fourth-order valence-electron chi connectivity index (χ4n) is 1.50. The van der Waals surface area contributed by atoms with E-state index in [1.165, 1.54) is 6.08 Å². The molecule has 2 rings (SSSR count). The lowest BCUT2D eigenvalue weighted by atomic mass is 10.1. The van der Waals surface area contributed by atoms with Crippen LogP contribution in [0.3, 0.4) is 0 Å². The molecule has 2 N–H and O–H groups in total. The van der Waals surface area contributed by atoms with Gasteiger partial charge in [0.2, 0.25) is 0 Å². The van der Waals surface area contributed by atoms with Crippen LogP contribution in [0.2, 0.25) is 0 Å². The number of para-hydroxylation sites is 1. The summed E-state index contributed by atoms with van der Waals surface area (Å²) in [5.74, 6) is -0.769. The van der Waals surface area contributed by atoms with Crippen LogP contribution < -0.4 is 4.74 Å². The lowest BCUT2D eigenvalue weighted by molar-refractivity contribution is -0.132. The molecule has 4 nitrogen and oxygen atoms in total. The minimum atomic E-state index is -1.14. The second-order valence-corrected chi connectivity index (χ2v) is 3.48. The topological polar surface area (TPSA) is 66.8 Å². The molecule has 4 heteroatoms. The monoisotopic (exact) mass is 218 g/mol. The van der Waals surface area contributed by atoms with Gasteiger partial charge in [0, 0.05) is 0 Å². The predicted molar refractivity (Wildman–Crippen MR) is 58.1 cm³/mol. The molecule has 0 atom stereocenters. The van der Waals surface area contributed by atoms with Crippen LogP contribution in [0.25, 0.3) is 5.76 Å². The first-order valence-electron chi connectivity index (χ1n) is 4.70. The Balaban J connectivity index is 2.58. The van der Waals surface area contributed by atoms with E-state index in [2.05, 4.69) is 0 Å². The number of carbonyl (C=O) groups is 1. The van der Waals surface area contributed by atoms with E-state index in [1.54, 1.807) is 12.1 Å². The fraction of sp³-hybridized carbons (Fsp3) is 0.0833. The lowest BCUT2D eigenvalue weighted by Crippen LogP contribution is -1.98. The van der Waals surface area contributed by atoms with Gasteiger partial charge in [0.25, 0.3) is 0 Å². The van der Waals surface area contributed by atoms with Crippen LogP contribution in [0, 0.1) is 6.92 Å². The van der Waals surface area contributed by atoms with Crippen LogP contribution in [0.5, 0.6) is 5.75 Å². The molecule has 0 aliphatic carbocycles. The number of fused-ring (bicyclic) bond motifs is 1. The highest BCUT2D eigenvalue weighted by Crippen LogP contribution is 2.31. The Labute approximate surface area is 92.1 Å². The number of carboxylic acid groups (broad SMARTS) is 1. The third kappa shape index (κ3) is 1.65. The van der Waals surface area contributed by atoms with Crippen LogP contribution in [0.1, 0.15) is 11.1 Å². The van der Waals surface area contributed by atoms with Gasteiger partial charge in [0.1, 0.15) is 17.8 Å². The van der Waals surface area contributed by atoms with Crippen molar-refractivity contribution in [3.05, 3.63) is 47.2 Å². The SMILES string of the molecule is Cc1cccc2c1OC=C(C(=O)O)C=C2O. The van der Waals surface area contributed by atoms with Crippen LogP contribution in [-0.2, 0) is 4.79 Å². The minimum Gasteiger partial charge on any atom is -0.507 e. The van der Waals surface area contributed by atoms with Gasteiger partial charge in [-0.05, 0) is 24.6 Å². The average Bonchev–Trinajstić information content (AvgIpc) is 2.40. The third-order valence-electron chi connectivity index (χ3n) is 2.33. The molecule has 0 radical (unpaired) electrons. The third-order valence-corrected chi connectivity index (χ3v) is 2.33. The van der Waals surface area contributed by atoms with Crippen molar-refractivity contribution in [2.75, 3.05) is 0 Å². The first-order chi connectivity index (χ1) is 7.59. The number of ether oxygens (including phenoxy) is 1. The van der Waals surface area contributed by atoms with Gasteiger partial charge < -0.3 is 14.9 Å². The summed E-state index contributed by atoms with van der Waals surface area (Å²) >= 11 is 0. The van der Waals surface area contributed by atoms with E-state index in [0.717, 1.165) is 11.8 Å². The number of rotatable bonds is 1. The molecule has 1 aromatic carbocycles. The van der Waals surface area contributed by atoms with E-state index in [-0.39, 0.29) is 11.3 Å². The number of aliphatic carboxylic acids is 1. The molecule has 0 fully saturated rings. The zero-order valence-electron chi connectivity index (χ0n) is 8.60. The summed E-state index contributed by atoms with van der Waals surface area (Å²) < 4.78 is 5.27. The van der Waals surface area contributed by atoms with Crippen molar-refractivity contribution < 1.29 is 19.7 Å². The summed E-state index contributed by atoms with van der Waals surface area (Å²) in [4.78, 5) is 10.8. The van der Waals surface area contributed by atoms with Gasteiger partial charge in [-0.3, -0.25) is 0 Å². The average molecular weight is 218 g/mol. The van der Waals surface area contributed by atoms with Gasteiger partial charge in [-0.25, -0.2) is 4.79 Å². The Hall–Kier alpha value is -2.23. The maximum absolute atomic E-state index is 10.8. The number of aryl methyl sites for hydroxylation is 1. The van der Waals surface area contributed by atoms with Gasteiger partial charge in [0.05, 0.1) is 11.1 Å². The Kier molecular flexibility index (Phi) is 2.40. The number of aliphatic hydroxyl groups excluding tert-OH is 1. The van der Waals surface area contributed by atoms with Gasteiger partial charge in [-0.2, -0.15) is 0 Å². The van der Waals surface area contributed by atoms with Gasteiger partial charge in [-0.15, -0.1) is 0 Å². The Morgan fingerprint density at radius 1 is 1.38 bits per heavy atom. The number of carboxylic acids is 1. The molecule has 0 spiro atoms. The molecule has 0 saturated carbocycles. The highest BCUT2D eigenvalue weighted by atomic mass is 16.5. The maximum atomic E-state index is 10.8. The van der Waals surface area contributed by atoms with E-state index >= 15 is 0 Å². The summed E-state index contributed by atoms with van der Waals surface area (Å²) in [6.07, 6.45) is 2.30. The van der Waals surface area contributed by atoms with Gasteiger partial charge >= 0.3 is 5.97 Å². The Morgan fingerprint density at radius 2 is 2.12 bits per heavy atom. The molecule has 0 unspecified atom stereocenters. The van der Waals surface area contributed by atoms with Crippen molar-refractivity contribution in [2.45, 2.75) is 6.92 Å². The van der Waals surface area contributed by atoms with Crippen molar-refractivity contribution in [3.8, 4) is 5.75 Å². The quantitative estimate of drug-likeness (QED) is 0.758. The van der Waals surface area contributed by atoms with Crippen molar-refractivity contribution in [2.24, 2.45) is 0 Å². The standard InChI is InChI=1S/C12H10O4/c1-7-3-2-4-9-10(13)5-8(12(14)15)6-16-11(7)9/h2-6,13H,1H3,(H,14,15). The molecule has 1 aliphatic rings. The smallest absolute Gasteiger partial charge is 0.338 e. The first kappa shape index (κ1) is 10.3. The highest BCUT2D eigenvalue weighted by molar-refractivity contribution is 5.92. The van der Waals surface area contributed by atoms with Crippen LogP contribution >= 0.6 is 0 Å². The molecule has 0 amide bonds. The summed E-state index contributed by atoms with van der Waals surface area (Å²) in [6, 6.07) is 5.27. The van der Waals surface area contributed by atoms with E-state index in [4.69, 9.17) is 9.84 Å². The molecule has 1 aromatic rings. The van der Waals surface area contributed by atoms with Crippen molar-refractivity contribution in [1.82, 2.24) is 0 Å². The molecule has 16 heavy (non-hydrogen) atoms. The molecular formula is C12H10O4. The summed E-state index contributed by atoms with van der Waals surface area (Å²) in [5, 5.41) is 18.6. The lowest BCUT2D eigenvalue weighted by Gasteiger charge is -2.08. The van der Waals surface area contributed by atoms with Crippen LogP contribution in [0.4, 0.5) is 0 Å². The minimum absolute atomic E-state index is 0.0897. The van der Waals surface area contributed by atoms with Crippen molar-refractivity contribution >= 4 is 11.7 Å². The normalized spacial score (nSPS) is 14.1. The highest BCUT2D eigenvalue weighted by Gasteiger charge is 2.17. The Bertz CT molecular complexity index is 512. The second kappa shape index (κ2) is 3.73. The molecule has 1 aliphatic heterocycles. The fourth-order valence-corrected chi connectivity index (χ4v) is 1.50. The van der Waals surface area contributed by atoms with Crippen LogP contribution in [-0.4, -0.2) is 16.2 Å². The van der Waals surface area contributed by atoms with Crippen molar-refractivity contribution in [1.29, 1.82) is 0 Å². The van der Waals surface area contributed by atoms with Crippen molar-refractivity contribution in [3.63, 3.8) is 0 Å². The van der Waals surface area contributed by atoms with E-state index < -0.39 is 5.97 Å².